The molecule has 0 aromatic rings. The fourth-order valence-electron chi connectivity index (χ4n) is 1.51. The van der Waals surface area contributed by atoms with Gasteiger partial charge in [0.2, 0.25) is 0 Å². The third kappa shape index (κ3) is 2.87. The van der Waals surface area contributed by atoms with Crippen molar-refractivity contribution < 1.29 is 14.3 Å². The Morgan fingerprint density at radius 1 is 1.43 bits per heavy atom. The summed E-state index contributed by atoms with van der Waals surface area (Å²) in [7, 11) is 1.62. The Balaban J connectivity index is 2.52. The summed E-state index contributed by atoms with van der Waals surface area (Å²) in [4.78, 5) is 13.3. The molecule has 4 heteroatoms. The summed E-state index contributed by atoms with van der Waals surface area (Å²) >= 11 is 0. The van der Waals surface area contributed by atoms with Crippen LogP contribution in [0.4, 0.5) is 4.79 Å². The lowest BCUT2D eigenvalue weighted by atomic mass is 10.2. The SMILES string of the molecule is CO[C@H]1CCCN1C(=O)OC(C)(C)C. The highest BCUT2D eigenvalue weighted by atomic mass is 16.6. The highest BCUT2D eigenvalue weighted by molar-refractivity contribution is 5.68. The van der Waals surface area contributed by atoms with Crippen LogP contribution in [0.2, 0.25) is 0 Å². The normalized spacial score (nSPS) is 22.6. The van der Waals surface area contributed by atoms with E-state index in [9.17, 15) is 4.79 Å². The summed E-state index contributed by atoms with van der Waals surface area (Å²) in [6.07, 6.45) is 1.50. The van der Waals surface area contributed by atoms with E-state index in [-0.39, 0.29) is 12.3 Å². The largest absolute Gasteiger partial charge is 0.444 e. The van der Waals surface area contributed by atoms with E-state index in [1.807, 2.05) is 20.8 Å². The number of carbonyl (C=O) groups is 1. The van der Waals surface area contributed by atoms with E-state index < -0.39 is 5.60 Å². The predicted molar refractivity (Wildman–Crippen MR) is 53.0 cm³/mol. The Hall–Kier alpha value is -0.770. The van der Waals surface area contributed by atoms with Gasteiger partial charge in [0.1, 0.15) is 11.8 Å². The molecular weight excluding hydrogens is 182 g/mol. The van der Waals surface area contributed by atoms with Crippen LogP contribution >= 0.6 is 0 Å². The minimum Gasteiger partial charge on any atom is -0.444 e. The van der Waals surface area contributed by atoms with Crippen LogP contribution in [0.1, 0.15) is 33.6 Å². The van der Waals surface area contributed by atoms with Gasteiger partial charge in [0.15, 0.2) is 0 Å². The summed E-state index contributed by atoms with van der Waals surface area (Å²) in [6.45, 7) is 6.32. The molecule has 14 heavy (non-hydrogen) atoms. The predicted octanol–water partition coefficient (Wildman–Crippen LogP) is 1.99. The zero-order valence-electron chi connectivity index (χ0n) is 9.37. The zero-order valence-corrected chi connectivity index (χ0v) is 9.37. The lowest BCUT2D eigenvalue weighted by Gasteiger charge is -2.27. The van der Waals surface area contributed by atoms with Crippen molar-refractivity contribution in [2.24, 2.45) is 0 Å². The summed E-state index contributed by atoms with van der Waals surface area (Å²) in [6, 6.07) is 0. The van der Waals surface area contributed by atoms with Gasteiger partial charge in [-0.15, -0.1) is 0 Å². The molecule has 1 aliphatic rings. The van der Waals surface area contributed by atoms with Crippen molar-refractivity contribution in [2.45, 2.75) is 45.4 Å². The maximum absolute atomic E-state index is 11.7. The van der Waals surface area contributed by atoms with E-state index in [0.29, 0.717) is 0 Å². The number of hydrogen-bond acceptors (Lipinski definition) is 3. The molecule has 0 aromatic heterocycles. The van der Waals surface area contributed by atoms with Gasteiger partial charge in [0.25, 0.3) is 0 Å². The lowest BCUT2D eigenvalue weighted by Crippen LogP contribution is -2.40. The topological polar surface area (TPSA) is 38.8 Å². The summed E-state index contributed by atoms with van der Waals surface area (Å²) in [5.41, 5.74) is -0.433. The van der Waals surface area contributed by atoms with Gasteiger partial charge in [-0.2, -0.15) is 0 Å². The number of likely N-dealkylation sites (tertiary alicyclic amines) is 1. The zero-order chi connectivity index (χ0) is 10.8. The van der Waals surface area contributed by atoms with Crippen LogP contribution < -0.4 is 0 Å². The molecule has 1 amide bonds. The van der Waals surface area contributed by atoms with Crippen molar-refractivity contribution in [1.29, 1.82) is 0 Å². The minimum absolute atomic E-state index is 0.107. The molecule has 4 nitrogen and oxygen atoms in total. The first-order valence-electron chi connectivity index (χ1n) is 4.96. The molecule has 1 heterocycles. The fourth-order valence-corrected chi connectivity index (χ4v) is 1.51. The van der Waals surface area contributed by atoms with Gasteiger partial charge in [0, 0.05) is 13.7 Å². The molecular formula is C10H19NO3. The van der Waals surface area contributed by atoms with Gasteiger partial charge in [0.05, 0.1) is 0 Å². The Labute approximate surface area is 85.2 Å². The van der Waals surface area contributed by atoms with Crippen molar-refractivity contribution in [3.63, 3.8) is 0 Å². The molecule has 0 radical (unpaired) electrons. The first-order valence-corrected chi connectivity index (χ1v) is 4.96. The van der Waals surface area contributed by atoms with Crippen molar-refractivity contribution >= 4 is 6.09 Å². The first kappa shape index (κ1) is 11.3. The standard InChI is InChI=1S/C10H19NO3/c1-10(2,3)14-9(12)11-7-5-6-8(11)13-4/h8H,5-7H2,1-4H3/t8-/m0/s1. The van der Waals surface area contributed by atoms with Crippen molar-refractivity contribution in [3.05, 3.63) is 0 Å². The Kier molecular flexibility index (Phi) is 3.37. The third-order valence-corrected chi connectivity index (χ3v) is 2.10. The second-order valence-corrected chi connectivity index (χ2v) is 4.51. The monoisotopic (exact) mass is 201 g/mol. The number of rotatable bonds is 1. The molecule has 0 bridgehead atoms. The van der Waals surface area contributed by atoms with Crippen LogP contribution in [-0.2, 0) is 9.47 Å². The molecule has 0 N–H and O–H groups in total. The molecule has 0 unspecified atom stereocenters. The van der Waals surface area contributed by atoms with Gasteiger partial charge < -0.3 is 9.47 Å². The number of carbonyl (C=O) groups excluding carboxylic acids is 1. The van der Waals surface area contributed by atoms with E-state index >= 15 is 0 Å². The van der Waals surface area contributed by atoms with E-state index in [0.717, 1.165) is 19.4 Å². The van der Waals surface area contributed by atoms with Crippen LogP contribution in [0.5, 0.6) is 0 Å². The highest BCUT2D eigenvalue weighted by Crippen LogP contribution is 2.20. The van der Waals surface area contributed by atoms with Crippen LogP contribution in [0.3, 0.4) is 0 Å². The minimum atomic E-state index is -0.433. The molecule has 0 aliphatic carbocycles. The Bertz CT molecular complexity index is 210. The maximum atomic E-state index is 11.7. The second kappa shape index (κ2) is 4.17. The maximum Gasteiger partial charge on any atom is 0.412 e. The Morgan fingerprint density at radius 2 is 2.07 bits per heavy atom. The van der Waals surface area contributed by atoms with E-state index in [1.165, 1.54) is 0 Å². The number of nitrogens with zero attached hydrogens (tertiary/aromatic N) is 1. The van der Waals surface area contributed by atoms with Gasteiger partial charge in [-0.25, -0.2) is 4.79 Å². The van der Waals surface area contributed by atoms with Gasteiger partial charge in [-0.1, -0.05) is 0 Å². The molecule has 1 fully saturated rings. The summed E-state index contributed by atoms with van der Waals surface area (Å²) in [5, 5.41) is 0. The Morgan fingerprint density at radius 3 is 2.57 bits per heavy atom. The van der Waals surface area contributed by atoms with Gasteiger partial charge in [-0.05, 0) is 33.6 Å². The summed E-state index contributed by atoms with van der Waals surface area (Å²) in [5.74, 6) is 0. The quantitative estimate of drug-likeness (QED) is 0.651. The number of methoxy groups -OCH3 is 1. The van der Waals surface area contributed by atoms with Crippen molar-refractivity contribution in [1.82, 2.24) is 4.90 Å². The third-order valence-electron chi connectivity index (χ3n) is 2.10. The van der Waals surface area contributed by atoms with Crippen LogP contribution in [0.25, 0.3) is 0 Å². The van der Waals surface area contributed by atoms with Crippen LogP contribution in [-0.4, -0.2) is 36.5 Å². The number of ether oxygens (including phenoxy) is 2. The lowest BCUT2D eigenvalue weighted by molar-refractivity contribution is -0.0305. The first-order chi connectivity index (χ1) is 6.44. The number of amides is 1. The fraction of sp³-hybridized carbons (Fsp3) is 0.900. The van der Waals surface area contributed by atoms with Gasteiger partial charge >= 0.3 is 6.09 Å². The van der Waals surface area contributed by atoms with Gasteiger partial charge in [-0.3, -0.25) is 4.90 Å². The molecule has 0 aromatic carbocycles. The molecule has 82 valence electrons. The molecule has 1 saturated heterocycles. The average molecular weight is 201 g/mol. The molecule has 1 atom stereocenters. The van der Waals surface area contributed by atoms with Crippen LogP contribution in [0, 0.1) is 0 Å². The average Bonchev–Trinajstić information content (AvgIpc) is 2.47. The molecule has 1 rings (SSSR count). The highest BCUT2D eigenvalue weighted by Gasteiger charge is 2.31. The second-order valence-electron chi connectivity index (χ2n) is 4.51. The number of hydrogen-bond donors (Lipinski definition) is 0. The van der Waals surface area contributed by atoms with E-state index in [2.05, 4.69) is 0 Å². The molecule has 1 aliphatic heterocycles. The van der Waals surface area contributed by atoms with E-state index in [1.54, 1.807) is 12.0 Å². The molecule has 0 spiro atoms. The summed E-state index contributed by atoms with van der Waals surface area (Å²) < 4.78 is 10.4. The van der Waals surface area contributed by atoms with Crippen molar-refractivity contribution in [2.75, 3.05) is 13.7 Å². The smallest absolute Gasteiger partial charge is 0.412 e. The van der Waals surface area contributed by atoms with E-state index in [4.69, 9.17) is 9.47 Å². The van der Waals surface area contributed by atoms with Crippen LogP contribution in [0.15, 0.2) is 0 Å². The van der Waals surface area contributed by atoms with Crippen molar-refractivity contribution in [3.8, 4) is 0 Å². The molecule has 0 saturated carbocycles.